The number of halogens is 1. The van der Waals surface area contributed by atoms with Gasteiger partial charge in [0.15, 0.2) is 0 Å². The molecular weight excluding hydrogens is 363 g/mol. The minimum atomic E-state index is -3.62. The van der Waals surface area contributed by atoms with Gasteiger partial charge >= 0.3 is 118 Å². The fraction of sp³-hybridized carbons (Fsp3) is 0.0769. The second-order valence-electron chi connectivity index (χ2n) is 3.52. The minimum absolute atomic E-state index is 0.209. The van der Waals surface area contributed by atoms with Crippen LogP contribution in [0.25, 0.3) is 0 Å². The van der Waals surface area contributed by atoms with Crippen molar-refractivity contribution < 1.29 is 32.6 Å². The van der Waals surface area contributed by atoms with E-state index >= 15 is 0 Å². The van der Waals surface area contributed by atoms with Crippen LogP contribution in [0.2, 0.25) is 0 Å². The molecule has 0 heterocycles. The Morgan fingerprint density at radius 3 is 2.67 bits per heavy atom. The summed E-state index contributed by atoms with van der Waals surface area (Å²) < 4.78 is 29.9. The van der Waals surface area contributed by atoms with Crippen LogP contribution in [0.15, 0.2) is 69.2 Å². The van der Waals surface area contributed by atoms with Crippen molar-refractivity contribution in [1.29, 1.82) is 0 Å². The first-order valence-corrected chi connectivity index (χ1v) is 8.72. The van der Waals surface area contributed by atoms with Crippen LogP contribution < -0.4 is 21.6 Å². The molecule has 1 aromatic rings. The summed E-state index contributed by atoms with van der Waals surface area (Å²) in [5, 5.41) is 0. The van der Waals surface area contributed by atoms with E-state index in [9.17, 15) is 8.42 Å². The van der Waals surface area contributed by atoms with E-state index in [4.69, 9.17) is 2.51 Å². The van der Waals surface area contributed by atoms with Crippen LogP contribution in [-0.4, -0.2) is 8.42 Å². The molecule has 18 heavy (non-hydrogen) atoms. The van der Waals surface area contributed by atoms with E-state index in [-0.39, 0.29) is 4.90 Å². The van der Waals surface area contributed by atoms with Gasteiger partial charge in [-0.15, -0.1) is 0 Å². The molecule has 0 atom stereocenters. The number of allylic oxidation sites excluding steroid dienone is 6. The number of hydrogen-bond donors (Lipinski definition) is 0. The Hall–Kier alpha value is -0.920. The molecule has 0 aromatic heterocycles. The van der Waals surface area contributed by atoms with Gasteiger partial charge in [0.25, 0.3) is 0 Å². The van der Waals surface area contributed by atoms with Gasteiger partial charge in [-0.2, -0.15) is 0 Å². The Bertz CT molecular complexity index is 586. The van der Waals surface area contributed by atoms with Crippen LogP contribution in [0.5, 0.6) is 0 Å². The molecule has 5 heteroatoms. The normalized spacial score (nSPS) is 15.4. The first-order valence-electron chi connectivity index (χ1n) is 5.35. The fourth-order valence-corrected chi connectivity index (χ4v) is 4.77. The van der Waals surface area contributed by atoms with Crippen molar-refractivity contribution in [2.24, 2.45) is 0 Å². The van der Waals surface area contributed by atoms with Gasteiger partial charge in [0.05, 0.1) is 0 Å². The van der Waals surface area contributed by atoms with Gasteiger partial charge in [-0.3, -0.25) is 0 Å². The second-order valence-corrected chi connectivity index (χ2v) is 7.79. The molecule has 0 saturated carbocycles. The zero-order chi connectivity index (χ0) is 12.8. The van der Waals surface area contributed by atoms with Gasteiger partial charge in [0.2, 0.25) is 0 Å². The Morgan fingerprint density at radius 2 is 1.89 bits per heavy atom. The maximum atomic E-state index is 11.9. The fourth-order valence-electron chi connectivity index (χ4n) is 1.31. The van der Waals surface area contributed by atoms with E-state index in [2.05, 4.69) is 0 Å². The van der Waals surface area contributed by atoms with Gasteiger partial charge in [-0.25, -0.2) is 0 Å². The summed E-state index contributed by atoms with van der Waals surface area (Å²) in [6, 6.07) is 8.22. The van der Waals surface area contributed by atoms with Gasteiger partial charge in [0.1, 0.15) is 0 Å². The van der Waals surface area contributed by atoms with Crippen LogP contribution in [0.3, 0.4) is 0 Å². The summed E-state index contributed by atoms with van der Waals surface area (Å²) in [4.78, 5) is 0.209. The van der Waals surface area contributed by atoms with Crippen molar-refractivity contribution in [2.45, 2.75) is 11.3 Å². The molecule has 0 fully saturated rings. The van der Waals surface area contributed by atoms with Gasteiger partial charge in [-0.1, -0.05) is 0 Å². The third-order valence-electron chi connectivity index (χ3n) is 2.19. The molecule has 2 rings (SSSR count). The summed E-state index contributed by atoms with van der Waals surface area (Å²) >= 11 is -0.983. The van der Waals surface area contributed by atoms with Crippen LogP contribution in [0.1, 0.15) is 6.42 Å². The summed E-state index contributed by atoms with van der Waals surface area (Å²) in [6.07, 6.45) is 10.6. The van der Waals surface area contributed by atoms with Crippen LogP contribution in [0.4, 0.5) is 0 Å². The number of benzene rings is 1. The summed E-state index contributed by atoms with van der Waals surface area (Å²) in [5.74, 6) is 0. The first kappa shape index (κ1) is 13.5. The molecule has 0 bridgehead atoms. The third-order valence-corrected chi connectivity index (χ3v) is 6.53. The average Bonchev–Trinajstić information content (AvgIpc) is 2.66. The third kappa shape index (κ3) is 3.79. The maximum absolute atomic E-state index is 11.9. The molecule has 1 aliphatic rings. The summed E-state index contributed by atoms with van der Waals surface area (Å²) in [7, 11) is -3.62. The zero-order valence-electron chi connectivity index (χ0n) is 9.49. The predicted molar refractivity (Wildman–Crippen MR) is 65.7 cm³/mol. The van der Waals surface area contributed by atoms with Crippen molar-refractivity contribution in [2.75, 3.05) is 0 Å². The standard InChI is InChI=1S/C13H12IO3S/c15-18(16,13-10-6-3-7-11-13)17-14-12-8-4-1-2-5-9-12/h1-4,6-11H,5H2/q-1. The molecule has 0 unspecified atom stereocenters. The van der Waals surface area contributed by atoms with Crippen molar-refractivity contribution in [3.63, 3.8) is 0 Å². The van der Waals surface area contributed by atoms with E-state index < -0.39 is 31.7 Å². The van der Waals surface area contributed by atoms with E-state index in [1.807, 2.05) is 30.4 Å². The number of hydrogen-bond acceptors (Lipinski definition) is 3. The Kier molecular flexibility index (Phi) is 4.73. The Morgan fingerprint density at radius 1 is 1.11 bits per heavy atom. The van der Waals surface area contributed by atoms with Crippen molar-refractivity contribution in [3.05, 3.63) is 64.3 Å². The Balaban J connectivity index is 2.04. The van der Waals surface area contributed by atoms with Crippen LogP contribution in [0, 0.1) is 0 Å². The van der Waals surface area contributed by atoms with E-state index in [1.54, 1.807) is 18.2 Å². The SMILES string of the molecule is O=S(=O)(O[I-]C1=CCC=CC=C1)c1ccccc1. The summed E-state index contributed by atoms with van der Waals surface area (Å²) in [6.45, 7) is 0. The zero-order valence-corrected chi connectivity index (χ0v) is 12.5. The average molecular weight is 375 g/mol. The molecule has 0 spiro atoms. The van der Waals surface area contributed by atoms with Crippen molar-refractivity contribution in [1.82, 2.24) is 0 Å². The van der Waals surface area contributed by atoms with Crippen molar-refractivity contribution in [3.8, 4) is 0 Å². The van der Waals surface area contributed by atoms with Gasteiger partial charge < -0.3 is 0 Å². The quantitative estimate of drug-likeness (QED) is 0.685. The van der Waals surface area contributed by atoms with E-state index in [1.165, 1.54) is 12.1 Å². The molecule has 0 N–H and O–H groups in total. The van der Waals surface area contributed by atoms with Crippen LogP contribution in [-0.2, 0) is 12.6 Å². The van der Waals surface area contributed by atoms with Gasteiger partial charge in [0, 0.05) is 0 Å². The molecule has 1 aliphatic carbocycles. The topological polar surface area (TPSA) is 43.4 Å². The molecule has 96 valence electrons. The molecule has 1 aromatic carbocycles. The summed E-state index contributed by atoms with van der Waals surface area (Å²) in [5.41, 5.74) is 0. The predicted octanol–water partition coefficient (Wildman–Crippen LogP) is -0.204. The molecule has 3 nitrogen and oxygen atoms in total. The van der Waals surface area contributed by atoms with E-state index in [0.29, 0.717) is 0 Å². The molecule has 0 radical (unpaired) electrons. The van der Waals surface area contributed by atoms with Crippen LogP contribution >= 0.6 is 0 Å². The monoisotopic (exact) mass is 375 g/mol. The molecule has 0 aliphatic heterocycles. The second kappa shape index (κ2) is 6.31. The molecular formula is C13H12IO3S-. The molecule has 0 saturated heterocycles. The first-order chi connectivity index (χ1) is 8.68. The van der Waals surface area contributed by atoms with E-state index in [0.717, 1.165) is 10.0 Å². The van der Waals surface area contributed by atoms with Gasteiger partial charge in [-0.05, 0) is 0 Å². The van der Waals surface area contributed by atoms with Crippen molar-refractivity contribution >= 4 is 10.1 Å². The Labute approximate surface area is 118 Å². The molecule has 0 amide bonds. The number of rotatable bonds is 4.